The molecular formula is C24H27N9O. The van der Waals surface area contributed by atoms with E-state index in [1.807, 2.05) is 29.9 Å². The van der Waals surface area contributed by atoms with Gasteiger partial charge in [0.2, 0.25) is 5.95 Å². The Morgan fingerprint density at radius 2 is 1.88 bits per heavy atom. The highest BCUT2D eigenvalue weighted by Crippen LogP contribution is 2.28. The van der Waals surface area contributed by atoms with E-state index in [9.17, 15) is 5.26 Å². The average molecular weight is 458 g/mol. The number of nitrogens with one attached hydrogen (secondary N) is 1. The van der Waals surface area contributed by atoms with E-state index in [1.54, 1.807) is 35.7 Å². The molecule has 0 aliphatic rings. The summed E-state index contributed by atoms with van der Waals surface area (Å²) in [5.41, 5.74) is 3.09. The Hall–Kier alpha value is -4.26. The summed E-state index contributed by atoms with van der Waals surface area (Å²) in [7, 11) is 0. The third-order valence-electron chi connectivity index (χ3n) is 4.85. The van der Waals surface area contributed by atoms with Crippen LogP contribution in [-0.2, 0) is 13.1 Å². The van der Waals surface area contributed by atoms with Gasteiger partial charge < -0.3 is 10.1 Å². The second-order valence-electron chi connectivity index (χ2n) is 9.28. The molecule has 0 radical (unpaired) electrons. The summed E-state index contributed by atoms with van der Waals surface area (Å²) < 4.78 is 9.63. The summed E-state index contributed by atoms with van der Waals surface area (Å²) in [5.74, 6) is 0.978. The van der Waals surface area contributed by atoms with Gasteiger partial charge >= 0.3 is 0 Å². The SMILES string of the molecule is CC(Cn1cncn1)Oc1cc(-c2cnc(Nc3cnn(CC(C)(C)C)c3)nc2)ccc1C#N. The van der Waals surface area contributed by atoms with Crippen molar-refractivity contribution in [1.82, 2.24) is 34.5 Å². The lowest BCUT2D eigenvalue weighted by Gasteiger charge is -2.17. The van der Waals surface area contributed by atoms with Gasteiger partial charge in [-0.15, -0.1) is 0 Å². The van der Waals surface area contributed by atoms with Crippen LogP contribution in [0.2, 0.25) is 0 Å². The van der Waals surface area contributed by atoms with Gasteiger partial charge in [-0.2, -0.15) is 15.5 Å². The molecule has 1 unspecified atom stereocenters. The maximum absolute atomic E-state index is 9.49. The van der Waals surface area contributed by atoms with E-state index in [2.05, 4.69) is 57.3 Å². The van der Waals surface area contributed by atoms with Crippen molar-refractivity contribution in [3.8, 4) is 22.9 Å². The molecule has 4 rings (SSSR count). The van der Waals surface area contributed by atoms with Gasteiger partial charge in [-0.3, -0.25) is 4.68 Å². The number of benzene rings is 1. The lowest BCUT2D eigenvalue weighted by molar-refractivity contribution is 0.193. The Labute approximate surface area is 198 Å². The molecule has 0 aliphatic carbocycles. The van der Waals surface area contributed by atoms with Crippen molar-refractivity contribution in [3.05, 3.63) is 61.2 Å². The molecule has 1 aromatic carbocycles. The van der Waals surface area contributed by atoms with E-state index in [1.165, 1.54) is 6.33 Å². The minimum absolute atomic E-state index is 0.138. The Kier molecular flexibility index (Phi) is 6.54. The van der Waals surface area contributed by atoms with Crippen LogP contribution in [0.25, 0.3) is 11.1 Å². The quantitative estimate of drug-likeness (QED) is 0.421. The number of nitrogens with zero attached hydrogens (tertiary/aromatic N) is 8. The standard InChI is InChI=1S/C24H27N9O/c1-17(12-33-16-26-15-30-33)34-22-7-18(5-6-19(22)8-25)20-9-27-23(28-10-20)31-21-11-29-32(13-21)14-24(2,3)4/h5-7,9-11,13,15-17H,12,14H2,1-4H3,(H,27,28,31). The maximum Gasteiger partial charge on any atom is 0.227 e. The average Bonchev–Trinajstić information content (AvgIpc) is 3.45. The van der Waals surface area contributed by atoms with Crippen molar-refractivity contribution in [2.75, 3.05) is 5.32 Å². The van der Waals surface area contributed by atoms with Gasteiger partial charge in [0, 0.05) is 30.7 Å². The predicted molar refractivity (Wildman–Crippen MR) is 127 cm³/mol. The number of aromatic nitrogens is 7. The molecule has 0 saturated heterocycles. The Bertz CT molecular complexity index is 1270. The van der Waals surface area contributed by atoms with E-state index in [4.69, 9.17) is 4.74 Å². The molecule has 4 aromatic rings. The fourth-order valence-corrected chi connectivity index (χ4v) is 3.41. The molecule has 10 heteroatoms. The molecule has 0 spiro atoms. The summed E-state index contributed by atoms with van der Waals surface area (Å²) in [5, 5.41) is 21.1. The molecule has 1 N–H and O–H groups in total. The second-order valence-corrected chi connectivity index (χ2v) is 9.28. The maximum atomic E-state index is 9.49. The van der Waals surface area contributed by atoms with Crippen LogP contribution < -0.4 is 10.1 Å². The van der Waals surface area contributed by atoms with Crippen LogP contribution in [-0.4, -0.2) is 40.6 Å². The lowest BCUT2D eigenvalue weighted by Crippen LogP contribution is -2.20. The van der Waals surface area contributed by atoms with E-state index in [-0.39, 0.29) is 11.5 Å². The molecule has 0 fully saturated rings. The molecule has 0 bridgehead atoms. The molecule has 3 heterocycles. The van der Waals surface area contributed by atoms with E-state index >= 15 is 0 Å². The second kappa shape index (κ2) is 9.70. The molecule has 0 amide bonds. The third kappa shape index (κ3) is 5.95. The molecule has 174 valence electrons. The molecule has 0 saturated carbocycles. The summed E-state index contributed by atoms with van der Waals surface area (Å²) in [6.07, 6.45) is 10.1. The number of nitriles is 1. The highest BCUT2D eigenvalue weighted by Gasteiger charge is 2.14. The van der Waals surface area contributed by atoms with Crippen LogP contribution in [0.4, 0.5) is 11.6 Å². The first-order valence-corrected chi connectivity index (χ1v) is 10.9. The smallest absolute Gasteiger partial charge is 0.227 e. The number of hydrogen-bond donors (Lipinski definition) is 1. The zero-order chi connectivity index (χ0) is 24.1. The van der Waals surface area contributed by atoms with Crippen molar-refractivity contribution >= 4 is 11.6 Å². The molecular weight excluding hydrogens is 430 g/mol. The monoisotopic (exact) mass is 457 g/mol. The fraction of sp³-hybridized carbons (Fsp3) is 0.333. The molecule has 34 heavy (non-hydrogen) atoms. The van der Waals surface area contributed by atoms with Gasteiger partial charge in [0.25, 0.3) is 0 Å². The molecule has 1 atom stereocenters. The van der Waals surface area contributed by atoms with E-state index in [0.29, 0.717) is 23.8 Å². The zero-order valence-electron chi connectivity index (χ0n) is 19.7. The highest BCUT2D eigenvalue weighted by molar-refractivity contribution is 5.66. The van der Waals surface area contributed by atoms with Crippen molar-refractivity contribution in [3.63, 3.8) is 0 Å². The largest absolute Gasteiger partial charge is 0.487 e. The number of anilines is 2. The number of ether oxygens (including phenoxy) is 1. The van der Waals surface area contributed by atoms with Gasteiger partial charge in [-0.25, -0.2) is 19.6 Å². The molecule has 10 nitrogen and oxygen atoms in total. The van der Waals surface area contributed by atoms with Crippen LogP contribution in [0.15, 0.2) is 55.6 Å². The highest BCUT2D eigenvalue weighted by atomic mass is 16.5. The van der Waals surface area contributed by atoms with Crippen molar-refractivity contribution in [2.45, 2.75) is 46.9 Å². The zero-order valence-corrected chi connectivity index (χ0v) is 19.7. The summed E-state index contributed by atoms with van der Waals surface area (Å²) in [6, 6.07) is 7.61. The van der Waals surface area contributed by atoms with Crippen LogP contribution in [0.3, 0.4) is 0 Å². The number of hydrogen-bond acceptors (Lipinski definition) is 8. The van der Waals surface area contributed by atoms with Crippen LogP contribution in [0, 0.1) is 16.7 Å². The number of rotatable bonds is 8. The summed E-state index contributed by atoms with van der Waals surface area (Å²) in [6.45, 7) is 9.76. The Morgan fingerprint density at radius 3 is 2.56 bits per heavy atom. The van der Waals surface area contributed by atoms with E-state index < -0.39 is 0 Å². The van der Waals surface area contributed by atoms with Gasteiger partial charge in [0.1, 0.15) is 30.6 Å². The van der Waals surface area contributed by atoms with Crippen molar-refractivity contribution in [1.29, 1.82) is 5.26 Å². The van der Waals surface area contributed by atoms with E-state index in [0.717, 1.165) is 23.4 Å². The normalized spacial score (nSPS) is 12.2. The lowest BCUT2D eigenvalue weighted by atomic mass is 9.97. The topological polar surface area (TPSA) is 119 Å². The van der Waals surface area contributed by atoms with Crippen molar-refractivity contribution < 1.29 is 4.74 Å². The van der Waals surface area contributed by atoms with Gasteiger partial charge in [-0.05, 0) is 30.0 Å². The third-order valence-corrected chi connectivity index (χ3v) is 4.85. The first-order chi connectivity index (χ1) is 16.3. The Morgan fingerprint density at radius 1 is 1.09 bits per heavy atom. The Balaban J connectivity index is 1.46. The van der Waals surface area contributed by atoms with Crippen molar-refractivity contribution in [2.24, 2.45) is 5.41 Å². The van der Waals surface area contributed by atoms with Crippen LogP contribution in [0.5, 0.6) is 5.75 Å². The fourth-order valence-electron chi connectivity index (χ4n) is 3.41. The van der Waals surface area contributed by atoms with Crippen LogP contribution in [0.1, 0.15) is 33.3 Å². The first-order valence-electron chi connectivity index (χ1n) is 10.9. The minimum atomic E-state index is -0.203. The summed E-state index contributed by atoms with van der Waals surface area (Å²) in [4.78, 5) is 12.8. The molecule has 0 aliphatic heterocycles. The van der Waals surface area contributed by atoms with Gasteiger partial charge in [0.05, 0.1) is 24.0 Å². The first kappa shape index (κ1) is 22.9. The summed E-state index contributed by atoms with van der Waals surface area (Å²) >= 11 is 0. The minimum Gasteiger partial charge on any atom is -0.487 e. The van der Waals surface area contributed by atoms with Gasteiger partial charge in [-0.1, -0.05) is 26.8 Å². The van der Waals surface area contributed by atoms with Crippen LogP contribution >= 0.6 is 0 Å². The molecule has 3 aromatic heterocycles. The van der Waals surface area contributed by atoms with Gasteiger partial charge in [0.15, 0.2) is 0 Å². The predicted octanol–water partition coefficient (Wildman–Crippen LogP) is 4.06.